The molecular formula is C13H12Br2N2. The first-order valence-corrected chi connectivity index (χ1v) is 6.73. The molecule has 0 radical (unpaired) electrons. The number of benzene rings is 2. The van der Waals surface area contributed by atoms with E-state index in [0.717, 1.165) is 26.0 Å². The maximum Gasteiger partial charge on any atom is 0.0629 e. The zero-order chi connectivity index (χ0) is 12.4. The normalized spacial score (nSPS) is 10.3. The van der Waals surface area contributed by atoms with Crippen LogP contribution in [-0.4, -0.2) is 0 Å². The minimum Gasteiger partial charge on any atom is -0.397 e. The monoisotopic (exact) mass is 354 g/mol. The molecule has 0 atom stereocenters. The highest BCUT2D eigenvalue weighted by Gasteiger charge is 2.04. The Bertz CT molecular complexity index is 504. The zero-order valence-electron chi connectivity index (χ0n) is 9.30. The van der Waals surface area contributed by atoms with E-state index in [0.29, 0.717) is 0 Å². The Hall–Kier alpha value is -1.00. The quantitative estimate of drug-likeness (QED) is 0.756. The van der Waals surface area contributed by atoms with Crippen LogP contribution in [0.5, 0.6) is 0 Å². The van der Waals surface area contributed by atoms with Crippen molar-refractivity contribution in [1.29, 1.82) is 0 Å². The summed E-state index contributed by atoms with van der Waals surface area (Å²) in [6.45, 7) is 2.06. The fourth-order valence-electron chi connectivity index (χ4n) is 1.52. The van der Waals surface area contributed by atoms with Gasteiger partial charge in [0, 0.05) is 8.95 Å². The van der Waals surface area contributed by atoms with Crippen molar-refractivity contribution in [2.24, 2.45) is 0 Å². The maximum atomic E-state index is 5.93. The van der Waals surface area contributed by atoms with Crippen LogP contribution in [0.4, 0.5) is 17.1 Å². The summed E-state index contributed by atoms with van der Waals surface area (Å²) in [6, 6.07) is 11.9. The number of nitrogen functional groups attached to an aromatic ring is 1. The minimum absolute atomic E-state index is 0.724. The van der Waals surface area contributed by atoms with Gasteiger partial charge in [-0.25, -0.2) is 0 Å². The number of halogens is 2. The van der Waals surface area contributed by atoms with E-state index in [1.807, 2.05) is 24.3 Å². The SMILES string of the molecule is Cc1ccc(Br)c(Nc2cc(Br)ccc2N)c1. The first kappa shape index (κ1) is 12.5. The largest absolute Gasteiger partial charge is 0.397 e. The molecule has 0 unspecified atom stereocenters. The lowest BCUT2D eigenvalue weighted by atomic mass is 10.2. The van der Waals surface area contributed by atoms with Gasteiger partial charge >= 0.3 is 0 Å². The highest BCUT2D eigenvalue weighted by Crippen LogP contribution is 2.31. The first-order valence-electron chi connectivity index (χ1n) is 5.14. The molecule has 0 aliphatic heterocycles. The topological polar surface area (TPSA) is 38.0 Å². The van der Waals surface area contributed by atoms with Crippen molar-refractivity contribution >= 4 is 48.9 Å². The van der Waals surface area contributed by atoms with Gasteiger partial charge in [-0.3, -0.25) is 0 Å². The molecule has 88 valence electrons. The number of anilines is 3. The molecule has 0 spiro atoms. The van der Waals surface area contributed by atoms with Crippen molar-refractivity contribution in [1.82, 2.24) is 0 Å². The summed E-state index contributed by atoms with van der Waals surface area (Å²) in [5.41, 5.74) is 9.75. The van der Waals surface area contributed by atoms with Gasteiger partial charge in [0.05, 0.1) is 17.1 Å². The molecule has 0 aliphatic rings. The van der Waals surface area contributed by atoms with Gasteiger partial charge in [0.1, 0.15) is 0 Å². The summed E-state index contributed by atoms with van der Waals surface area (Å²) in [7, 11) is 0. The molecule has 0 bridgehead atoms. The number of rotatable bonds is 2. The molecular weight excluding hydrogens is 344 g/mol. The van der Waals surface area contributed by atoms with Gasteiger partial charge < -0.3 is 11.1 Å². The molecule has 2 nitrogen and oxygen atoms in total. The molecule has 0 saturated carbocycles. The highest BCUT2D eigenvalue weighted by molar-refractivity contribution is 9.10. The molecule has 0 aliphatic carbocycles. The fraction of sp³-hybridized carbons (Fsp3) is 0.0769. The molecule has 0 amide bonds. The summed E-state index contributed by atoms with van der Waals surface area (Å²) in [5.74, 6) is 0. The second kappa shape index (κ2) is 5.10. The zero-order valence-corrected chi connectivity index (χ0v) is 12.5. The molecule has 0 heterocycles. The van der Waals surface area contributed by atoms with E-state index < -0.39 is 0 Å². The minimum atomic E-state index is 0.724. The number of hydrogen-bond acceptors (Lipinski definition) is 2. The van der Waals surface area contributed by atoms with E-state index >= 15 is 0 Å². The summed E-state index contributed by atoms with van der Waals surface area (Å²) >= 11 is 6.95. The third-order valence-corrected chi connectivity index (χ3v) is 3.59. The van der Waals surface area contributed by atoms with Gasteiger partial charge in [-0.2, -0.15) is 0 Å². The van der Waals surface area contributed by atoms with Gasteiger partial charge in [-0.15, -0.1) is 0 Å². The molecule has 0 saturated heterocycles. The van der Waals surface area contributed by atoms with E-state index in [4.69, 9.17) is 5.73 Å². The Kier molecular flexibility index (Phi) is 3.74. The molecule has 2 aromatic carbocycles. The lowest BCUT2D eigenvalue weighted by molar-refractivity contribution is 1.43. The van der Waals surface area contributed by atoms with Crippen molar-refractivity contribution in [3.63, 3.8) is 0 Å². The Morgan fingerprint density at radius 3 is 2.53 bits per heavy atom. The van der Waals surface area contributed by atoms with Crippen LogP contribution in [0.2, 0.25) is 0 Å². The number of nitrogens with two attached hydrogens (primary N) is 1. The lowest BCUT2D eigenvalue weighted by Crippen LogP contribution is -1.97. The third-order valence-electron chi connectivity index (χ3n) is 2.41. The molecule has 3 N–H and O–H groups in total. The van der Waals surface area contributed by atoms with Crippen LogP contribution in [0.1, 0.15) is 5.56 Å². The molecule has 2 aromatic rings. The van der Waals surface area contributed by atoms with Crippen LogP contribution in [-0.2, 0) is 0 Å². The smallest absolute Gasteiger partial charge is 0.0629 e. The van der Waals surface area contributed by atoms with E-state index in [1.165, 1.54) is 5.56 Å². The van der Waals surface area contributed by atoms with Gasteiger partial charge in [-0.05, 0) is 58.7 Å². The van der Waals surface area contributed by atoms with Gasteiger partial charge in [0.25, 0.3) is 0 Å². The number of nitrogens with one attached hydrogen (secondary N) is 1. The maximum absolute atomic E-state index is 5.93. The summed E-state index contributed by atoms with van der Waals surface area (Å²) in [6.07, 6.45) is 0. The summed E-state index contributed by atoms with van der Waals surface area (Å²) < 4.78 is 2.01. The molecule has 0 aromatic heterocycles. The van der Waals surface area contributed by atoms with Crippen molar-refractivity contribution in [2.75, 3.05) is 11.1 Å². The predicted molar refractivity (Wildman–Crippen MR) is 80.7 cm³/mol. The summed E-state index contributed by atoms with van der Waals surface area (Å²) in [4.78, 5) is 0. The van der Waals surface area contributed by atoms with Crippen LogP contribution in [0.25, 0.3) is 0 Å². The van der Waals surface area contributed by atoms with Crippen LogP contribution in [0.3, 0.4) is 0 Å². The Balaban J connectivity index is 2.37. The average molecular weight is 356 g/mol. The van der Waals surface area contributed by atoms with Crippen LogP contribution in [0.15, 0.2) is 45.3 Å². The molecule has 17 heavy (non-hydrogen) atoms. The standard InChI is InChI=1S/C13H12Br2N2/c1-8-2-4-10(15)12(6-8)17-13-7-9(14)3-5-11(13)16/h2-7,17H,16H2,1H3. The fourth-order valence-corrected chi connectivity index (χ4v) is 2.22. The average Bonchev–Trinajstić information content (AvgIpc) is 2.28. The van der Waals surface area contributed by atoms with Gasteiger partial charge in [0.2, 0.25) is 0 Å². The van der Waals surface area contributed by atoms with Crippen LogP contribution >= 0.6 is 31.9 Å². The van der Waals surface area contributed by atoms with E-state index in [-0.39, 0.29) is 0 Å². The molecule has 0 fully saturated rings. The van der Waals surface area contributed by atoms with Crippen molar-refractivity contribution in [3.05, 3.63) is 50.9 Å². The number of aryl methyl sites for hydroxylation is 1. The van der Waals surface area contributed by atoms with E-state index in [9.17, 15) is 0 Å². The van der Waals surface area contributed by atoms with Crippen molar-refractivity contribution in [3.8, 4) is 0 Å². The van der Waals surface area contributed by atoms with Crippen LogP contribution < -0.4 is 11.1 Å². The first-order chi connectivity index (χ1) is 8.06. The van der Waals surface area contributed by atoms with Gasteiger partial charge in [0.15, 0.2) is 0 Å². The Morgan fingerprint density at radius 2 is 1.76 bits per heavy atom. The van der Waals surface area contributed by atoms with Gasteiger partial charge in [-0.1, -0.05) is 22.0 Å². The Morgan fingerprint density at radius 1 is 1.00 bits per heavy atom. The molecule has 4 heteroatoms. The second-order valence-corrected chi connectivity index (χ2v) is 5.61. The Labute approximate surface area is 117 Å². The van der Waals surface area contributed by atoms with E-state index in [1.54, 1.807) is 0 Å². The molecule has 2 rings (SSSR count). The number of hydrogen-bond donors (Lipinski definition) is 2. The second-order valence-electron chi connectivity index (χ2n) is 3.84. The van der Waals surface area contributed by atoms with Crippen LogP contribution in [0, 0.1) is 6.92 Å². The van der Waals surface area contributed by atoms with Crippen molar-refractivity contribution < 1.29 is 0 Å². The lowest BCUT2D eigenvalue weighted by Gasteiger charge is -2.12. The predicted octanol–water partition coefficient (Wildman–Crippen LogP) is 4.85. The van der Waals surface area contributed by atoms with Crippen molar-refractivity contribution in [2.45, 2.75) is 6.92 Å². The highest BCUT2D eigenvalue weighted by atomic mass is 79.9. The van der Waals surface area contributed by atoms with E-state index in [2.05, 4.69) is 56.2 Å². The third kappa shape index (κ3) is 3.01. The summed E-state index contributed by atoms with van der Waals surface area (Å²) in [5, 5.41) is 3.32.